The summed E-state index contributed by atoms with van der Waals surface area (Å²) in [5.74, 6) is -0.654. The molecular weight excluding hydrogens is 302 g/mol. The minimum Gasteiger partial charge on any atom is -0.469 e. The zero-order chi connectivity index (χ0) is 16.8. The minimum absolute atomic E-state index is 0.0697. The fraction of sp³-hybridized carbons (Fsp3) is 0.733. The summed E-state index contributed by atoms with van der Waals surface area (Å²) >= 11 is 0. The summed E-state index contributed by atoms with van der Waals surface area (Å²) in [5.41, 5.74) is 0. The zero-order valence-corrected chi connectivity index (χ0v) is 13.4. The average molecular weight is 325 g/mol. The van der Waals surface area contributed by atoms with Crippen molar-refractivity contribution in [2.24, 2.45) is 0 Å². The van der Waals surface area contributed by atoms with E-state index in [2.05, 4.69) is 10.1 Å². The first kappa shape index (κ1) is 17.2. The number of rotatable bonds is 4. The van der Waals surface area contributed by atoms with Crippen molar-refractivity contribution in [3.63, 3.8) is 0 Å². The predicted octanol–water partition coefficient (Wildman–Crippen LogP) is -0.721. The van der Waals surface area contributed by atoms with Crippen LogP contribution in [0.25, 0.3) is 0 Å². The van der Waals surface area contributed by atoms with E-state index < -0.39 is 12.0 Å². The molecule has 0 aliphatic carbocycles. The Morgan fingerprint density at radius 2 is 1.83 bits per heavy atom. The molecule has 0 spiro atoms. The van der Waals surface area contributed by atoms with Gasteiger partial charge in [-0.05, 0) is 12.8 Å². The molecule has 1 unspecified atom stereocenters. The maximum Gasteiger partial charge on any atom is 0.306 e. The third kappa shape index (κ3) is 4.67. The first-order valence-electron chi connectivity index (χ1n) is 7.94. The molecule has 0 saturated carbocycles. The second-order valence-corrected chi connectivity index (χ2v) is 5.79. The number of carbonyl (C=O) groups is 4. The number of carbonyl (C=O) groups excluding carboxylic acids is 4. The Hall–Kier alpha value is -2.12. The lowest BCUT2D eigenvalue weighted by molar-refractivity contribution is -0.143. The number of ether oxygens (including phenoxy) is 1. The van der Waals surface area contributed by atoms with Gasteiger partial charge in [0, 0.05) is 39.0 Å². The monoisotopic (exact) mass is 325 g/mol. The lowest BCUT2D eigenvalue weighted by atomic mass is 10.2. The van der Waals surface area contributed by atoms with E-state index >= 15 is 0 Å². The molecular formula is C15H23N3O5. The van der Waals surface area contributed by atoms with Crippen molar-refractivity contribution in [1.82, 2.24) is 15.1 Å². The summed E-state index contributed by atoms with van der Waals surface area (Å²) in [4.78, 5) is 50.2. The fourth-order valence-corrected chi connectivity index (χ4v) is 2.88. The topological polar surface area (TPSA) is 96.0 Å². The number of methoxy groups -OCH3 is 1. The third-order valence-electron chi connectivity index (χ3n) is 4.22. The molecule has 128 valence electrons. The smallest absolute Gasteiger partial charge is 0.306 e. The number of nitrogens with zero attached hydrogens (tertiary/aromatic N) is 2. The lowest BCUT2D eigenvalue weighted by Gasteiger charge is -2.24. The van der Waals surface area contributed by atoms with Gasteiger partial charge in [-0.25, -0.2) is 0 Å². The largest absolute Gasteiger partial charge is 0.469 e. The lowest BCUT2D eigenvalue weighted by Crippen LogP contribution is -2.46. The molecule has 1 atom stereocenters. The first-order chi connectivity index (χ1) is 11.0. The van der Waals surface area contributed by atoms with Crippen molar-refractivity contribution in [2.45, 2.75) is 38.1 Å². The Morgan fingerprint density at radius 3 is 2.48 bits per heavy atom. The zero-order valence-electron chi connectivity index (χ0n) is 13.4. The molecule has 23 heavy (non-hydrogen) atoms. The Bertz CT molecular complexity index is 494. The highest BCUT2D eigenvalue weighted by molar-refractivity contribution is 5.91. The minimum atomic E-state index is -0.427. The summed E-state index contributed by atoms with van der Waals surface area (Å²) in [6, 6.07) is -0.427. The maximum atomic E-state index is 12.4. The normalized spacial score (nSPS) is 21.6. The molecule has 0 aromatic heterocycles. The van der Waals surface area contributed by atoms with Crippen LogP contribution in [0.2, 0.25) is 0 Å². The van der Waals surface area contributed by atoms with Crippen LogP contribution in [-0.2, 0) is 23.9 Å². The second kappa shape index (κ2) is 7.94. The summed E-state index contributed by atoms with van der Waals surface area (Å²) in [5, 5.41) is 2.68. The van der Waals surface area contributed by atoms with E-state index in [4.69, 9.17) is 0 Å². The highest BCUT2D eigenvalue weighted by atomic mass is 16.5. The van der Waals surface area contributed by atoms with Gasteiger partial charge < -0.3 is 19.9 Å². The van der Waals surface area contributed by atoms with Crippen LogP contribution in [0.15, 0.2) is 0 Å². The molecule has 2 fully saturated rings. The molecule has 2 heterocycles. The quantitative estimate of drug-likeness (QED) is 0.688. The highest BCUT2D eigenvalue weighted by Crippen LogP contribution is 2.13. The van der Waals surface area contributed by atoms with Gasteiger partial charge in [-0.1, -0.05) is 0 Å². The van der Waals surface area contributed by atoms with Crippen LogP contribution < -0.4 is 5.32 Å². The maximum absolute atomic E-state index is 12.4. The van der Waals surface area contributed by atoms with E-state index in [0.29, 0.717) is 45.4 Å². The van der Waals surface area contributed by atoms with Crippen molar-refractivity contribution in [3.8, 4) is 0 Å². The van der Waals surface area contributed by atoms with Crippen molar-refractivity contribution in [2.75, 3.05) is 33.3 Å². The van der Waals surface area contributed by atoms with Crippen LogP contribution in [0.3, 0.4) is 0 Å². The number of nitrogens with one attached hydrogen (secondary N) is 1. The molecule has 0 radical (unpaired) electrons. The van der Waals surface area contributed by atoms with E-state index in [1.165, 1.54) is 7.11 Å². The summed E-state index contributed by atoms with van der Waals surface area (Å²) < 4.78 is 4.53. The Balaban J connectivity index is 1.82. The van der Waals surface area contributed by atoms with Crippen LogP contribution in [0.5, 0.6) is 0 Å². The molecule has 8 nitrogen and oxygen atoms in total. The van der Waals surface area contributed by atoms with Gasteiger partial charge in [-0.15, -0.1) is 0 Å². The van der Waals surface area contributed by atoms with E-state index in [-0.39, 0.29) is 30.6 Å². The molecule has 0 aromatic carbocycles. The molecule has 2 saturated heterocycles. The van der Waals surface area contributed by atoms with E-state index in [1.807, 2.05) is 0 Å². The van der Waals surface area contributed by atoms with Crippen LogP contribution in [-0.4, -0.2) is 72.8 Å². The third-order valence-corrected chi connectivity index (χ3v) is 4.22. The van der Waals surface area contributed by atoms with Gasteiger partial charge in [0.15, 0.2) is 0 Å². The van der Waals surface area contributed by atoms with Gasteiger partial charge in [0.25, 0.3) is 0 Å². The Labute approximate surface area is 135 Å². The molecule has 1 N–H and O–H groups in total. The summed E-state index contributed by atoms with van der Waals surface area (Å²) in [7, 11) is 1.30. The van der Waals surface area contributed by atoms with Crippen LogP contribution in [0.1, 0.15) is 32.1 Å². The average Bonchev–Trinajstić information content (AvgIpc) is 2.84. The Kier molecular flexibility index (Phi) is 5.95. The van der Waals surface area contributed by atoms with Gasteiger partial charge in [-0.2, -0.15) is 0 Å². The number of hydrogen-bond acceptors (Lipinski definition) is 5. The molecule has 2 rings (SSSR count). The fourth-order valence-electron chi connectivity index (χ4n) is 2.88. The second-order valence-electron chi connectivity index (χ2n) is 5.79. The van der Waals surface area contributed by atoms with Crippen molar-refractivity contribution < 1.29 is 23.9 Å². The van der Waals surface area contributed by atoms with E-state index in [1.54, 1.807) is 9.80 Å². The highest BCUT2D eigenvalue weighted by Gasteiger charge is 2.32. The van der Waals surface area contributed by atoms with Crippen molar-refractivity contribution in [3.05, 3.63) is 0 Å². The van der Waals surface area contributed by atoms with Crippen LogP contribution in [0.4, 0.5) is 0 Å². The number of amides is 3. The standard InChI is InChI=1S/C15H23N3O5/c1-23-14(21)6-5-13(20)17-7-2-8-18(10-9-17)15(22)11-3-4-12(19)16-11/h11H,2-10H2,1H3,(H,16,19). The molecule has 0 aromatic rings. The molecule has 2 aliphatic rings. The summed E-state index contributed by atoms with van der Waals surface area (Å²) in [6.07, 6.45) is 1.82. The first-order valence-corrected chi connectivity index (χ1v) is 7.94. The van der Waals surface area contributed by atoms with Gasteiger partial charge >= 0.3 is 5.97 Å². The Morgan fingerprint density at radius 1 is 1.13 bits per heavy atom. The molecule has 8 heteroatoms. The number of esters is 1. The van der Waals surface area contributed by atoms with Gasteiger partial charge in [0.05, 0.1) is 13.5 Å². The van der Waals surface area contributed by atoms with Gasteiger partial charge in [0.1, 0.15) is 6.04 Å². The van der Waals surface area contributed by atoms with Gasteiger partial charge in [0.2, 0.25) is 17.7 Å². The van der Waals surface area contributed by atoms with E-state index in [9.17, 15) is 19.2 Å². The van der Waals surface area contributed by atoms with Crippen molar-refractivity contribution in [1.29, 1.82) is 0 Å². The van der Waals surface area contributed by atoms with Crippen LogP contribution >= 0.6 is 0 Å². The van der Waals surface area contributed by atoms with Gasteiger partial charge in [-0.3, -0.25) is 19.2 Å². The van der Waals surface area contributed by atoms with E-state index in [0.717, 1.165) is 0 Å². The SMILES string of the molecule is COC(=O)CCC(=O)N1CCCN(C(=O)C2CCC(=O)N2)CC1. The molecule has 3 amide bonds. The summed E-state index contributed by atoms with van der Waals surface area (Å²) in [6.45, 7) is 2.05. The predicted molar refractivity (Wildman–Crippen MR) is 80.2 cm³/mol. The molecule has 2 aliphatic heterocycles. The van der Waals surface area contributed by atoms with Crippen LogP contribution in [0, 0.1) is 0 Å². The molecule has 0 bridgehead atoms. The number of hydrogen-bond donors (Lipinski definition) is 1. The van der Waals surface area contributed by atoms with Crippen molar-refractivity contribution >= 4 is 23.7 Å².